The van der Waals surface area contributed by atoms with Crippen LogP contribution in [0.25, 0.3) is 0 Å². The molecule has 2 aliphatic heterocycles. The van der Waals surface area contributed by atoms with Crippen molar-refractivity contribution in [2.24, 2.45) is 0 Å². The molecule has 2 saturated heterocycles. The molecule has 6 rings (SSSR count). The lowest BCUT2D eigenvalue weighted by Crippen LogP contribution is -2.39. The van der Waals surface area contributed by atoms with Crippen LogP contribution in [-0.4, -0.2) is 40.3 Å². The van der Waals surface area contributed by atoms with Crippen molar-refractivity contribution in [3.05, 3.63) is 124 Å². The smallest absolute Gasteiger partial charge is 0.165 e. The Morgan fingerprint density at radius 1 is 0.838 bits per heavy atom. The van der Waals surface area contributed by atoms with Crippen molar-refractivity contribution in [2.75, 3.05) is 6.61 Å². The fourth-order valence-electron chi connectivity index (χ4n) is 5.47. The molecule has 190 valence electrons. The van der Waals surface area contributed by atoms with Gasteiger partial charge in [0.1, 0.15) is 27.6 Å². The SMILES string of the molecule is CC1(C)O[C@@H]2[C@H](O1)[C@@H](COC(c1ccccc1)(c1ccccc1)c1ccccc1)O[C@@H]2n1cncc1I. The van der Waals surface area contributed by atoms with Crippen LogP contribution in [0, 0.1) is 3.70 Å². The second-order valence-electron chi connectivity index (χ2n) is 9.84. The van der Waals surface area contributed by atoms with Gasteiger partial charge in [0, 0.05) is 0 Å². The topological polar surface area (TPSA) is 54.7 Å². The summed E-state index contributed by atoms with van der Waals surface area (Å²) in [5.74, 6) is -0.711. The molecule has 2 fully saturated rings. The highest BCUT2D eigenvalue weighted by Crippen LogP contribution is 2.46. The molecule has 4 aromatic rings. The third-order valence-corrected chi connectivity index (χ3v) is 7.86. The van der Waals surface area contributed by atoms with E-state index in [0.717, 1.165) is 20.4 Å². The number of aromatic nitrogens is 2. The fraction of sp³-hybridized carbons (Fsp3) is 0.300. The maximum Gasteiger partial charge on any atom is 0.165 e. The summed E-state index contributed by atoms with van der Waals surface area (Å²) in [4.78, 5) is 4.29. The highest BCUT2D eigenvalue weighted by atomic mass is 127. The van der Waals surface area contributed by atoms with Crippen LogP contribution in [0.4, 0.5) is 0 Å². The molecule has 2 aliphatic rings. The number of imidazole rings is 1. The zero-order valence-electron chi connectivity index (χ0n) is 20.7. The third kappa shape index (κ3) is 4.53. The molecular formula is C30H29IN2O4. The molecule has 6 nitrogen and oxygen atoms in total. The van der Waals surface area contributed by atoms with Crippen LogP contribution < -0.4 is 0 Å². The van der Waals surface area contributed by atoms with E-state index >= 15 is 0 Å². The molecule has 0 N–H and O–H groups in total. The van der Waals surface area contributed by atoms with Gasteiger partial charge in [0.15, 0.2) is 12.0 Å². The second-order valence-corrected chi connectivity index (χ2v) is 10.9. The predicted octanol–water partition coefficient (Wildman–Crippen LogP) is 5.91. The number of hydrogen-bond donors (Lipinski definition) is 0. The summed E-state index contributed by atoms with van der Waals surface area (Å²) >= 11 is 2.27. The highest BCUT2D eigenvalue weighted by molar-refractivity contribution is 14.1. The summed E-state index contributed by atoms with van der Waals surface area (Å²) in [7, 11) is 0. The van der Waals surface area contributed by atoms with Gasteiger partial charge in [0.05, 0.1) is 19.1 Å². The Morgan fingerprint density at radius 3 is 1.84 bits per heavy atom. The van der Waals surface area contributed by atoms with Gasteiger partial charge in [-0.15, -0.1) is 0 Å². The van der Waals surface area contributed by atoms with E-state index in [4.69, 9.17) is 18.9 Å². The lowest BCUT2D eigenvalue weighted by molar-refractivity contribution is -0.205. The van der Waals surface area contributed by atoms with E-state index in [-0.39, 0.29) is 24.5 Å². The maximum atomic E-state index is 7.06. The Hall–Kier alpha value is -2.56. The number of halogens is 1. The summed E-state index contributed by atoms with van der Waals surface area (Å²) in [5, 5.41) is 0. The lowest BCUT2D eigenvalue weighted by atomic mass is 9.80. The van der Waals surface area contributed by atoms with Crippen LogP contribution in [0.1, 0.15) is 36.8 Å². The molecule has 0 bridgehead atoms. The van der Waals surface area contributed by atoms with E-state index in [1.807, 2.05) is 42.8 Å². The Kier molecular flexibility index (Phi) is 6.66. The summed E-state index contributed by atoms with van der Waals surface area (Å²) in [6.45, 7) is 4.20. The average molecular weight is 608 g/mol. The molecule has 37 heavy (non-hydrogen) atoms. The van der Waals surface area contributed by atoms with Crippen molar-refractivity contribution in [3.63, 3.8) is 0 Å². The van der Waals surface area contributed by atoms with Gasteiger partial charge in [-0.3, -0.25) is 4.57 Å². The number of nitrogens with zero attached hydrogens (tertiary/aromatic N) is 2. The first kappa shape index (κ1) is 24.8. The van der Waals surface area contributed by atoms with E-state index in [0.29, 0.717) is 6.61 Å². The maximum absolute atomic E-state index is 7.06. The number of rotatable bonds is 7. The number of hydrogen-bond acceptors (Lipinski definition) is 5. The Labute approximate surface area is 230 Å². The zero-order valence-corrected chi connectivity index (χ0v) is 22.9. The van der Waals surface area contributed by atoms with E-state index in [2.05, 4.69) is 100 Å². The molecule has 0 saturated carbocycles. The van der Waals surface area contributed by atoms with Gasteiger partial charge in [-0.1, -0.05) is 91.0 Å². The molecular weight excluding hydrogens is 579 g/mol. The van der Waals surface area contributed by atoms with E-state index in [1.165, 1.54) is 0 Å². The molecule has 0 amide bonds. The van der Waals surface area contributed by atoms with Gasteiger partial charge in [0.2, 0.25) is 0 Å². The van der Waals surface area contributed by atoms with Crippen LogP contribution in [0.2, 0.25) is 0 Å². The van der Waals surface area contributed by atoms with Crippen LogP contribution in [0.15, 0.2) is 104 Å². The normalized spacial score (nSPS) is 24.7. The summed E-state index contributed by atoms with van der Waals surface area (Å²) < 4.78 is 29.3. The molecule has 0 spiro atoms. The van der Waals surface area contributed by atoms with Crippen molar-refractivity contribution in [1.82, 2.24) is 9.55 Å². The fourth-order valence-corrected chi connectivity index (χ4v) is 6.03. The first-order chi connectivity index (χ1) is 18.0. The minimum absolute atomic E-state index is 0.272. The van der Waals surface area contributed by atoms with E-state index in [9.17, 15) is 0 Å². The van der Waals surface area contributed by atoms with Crippen molar-refractivity contribution in [3.8, 4) is 0 Å². The molecule has 1 aromatic heterocycles. The monoisotopic (exact) mass is 608 g/mol. The molecule has 4 atom stereocenters. The Bertz CT molecular complexity index is 1230. The second kappa shape index (κ2) is 9.96. The average Bonchev–Trinajstić information content (AvgIpc) is 3.58. The quantitative estimate of drug-likeness (QED) is 0.193. The van der Waals surface area contributed by atoms with Gasteiger partial charge in [0.25, 0.3) is 0 Å². The van der Waals surface area contributed by atoms with Crippen LogP contribution in [0.3, 0.4) is 0 Å². The molecule has 3 aromatic carbocycles. The summed E-state index contributed by atoms with van der Waals surface area (Å²) in [6.07, 6.45) is 2.35. The molecule has 7 heteroatoms. The first-order valence-electron chi connectivity index (χ1n) is 12.5. The molecule has 0 unspecified atom stereocenters. The van der Waals surface area contributed by atoms with Gasteiger partial charge in [-0.25, -0.2) is 4.98 Å². The van der Waals surface area contributed by atoms with Crippen molar-refractivity contribution in [2.45, 2.75) is 49.8 Å². The minimum Gasteiger partial charge on any atom is -0.358 e. The van der Waals surface area contributed by atoms with Crippen molar-refractivity contribution in [1.29, 1.82) is 0 Å². The zero-order chi connectivity index (χ0) is 25.5. The van der Waals surface area contributed by atoms with Gasteiger partial charge < -0.3 is 18.9 Å². The standard InChI is InChI=1S/C30H29IN2O4/c1-29(2)36-26-24(35-28(27(26)37-29)33-20-32-18-25(33)31)19-34-30(21-12-6-3-7-13-21,22-14-8-4-9-15-22)23-16-10-5-11-17-23/h3-18,20,24,26-28H,19H2,1-2H3/t24-,26-,27-,28+/m1/s1. The summed E-state index contributed by atoms with van der Waals surface area (Å²) in [5.41, 5.74) is 2.31. The van der Waals surface area contributed by atoms with Crippen LogP contribution in [0.5, 0.6) is 0 Å². The third-order valence-electron chi connectivity index (χ3n) is 7.02. The van der Waals surface area contributed by atoms with E-state index in [1.54, 1.807) is 6.33 Å². The molecule has 0 aliphatic carbocycles. The van der Waals surface area contributed by atoms with Crippen LogP contribution >= 0.6 is 22.6 Å². The first-order valence-corrected chi connectivity index (χ1v) is 13.5. The predicted molar refractivity (Wildman–Crippen MR) is 148 cm³/mol. The Morgan fingerprint density at radius 2 is 1.35 bits per heavy atom. The summed E-state index contributed by atoms with van der Waals surface area (Å²) in [6, 6.07) is 31.1. The number of ether oxygens (including phenoxy) is 4. The Balaban J connectivity index is 1.40. The highest BCUT2D eigenvalue weighted by Gasteiger charge is 2.56. The van der Waals surface area contributed by atoms with Crippen molar-refractivity contribution < 1.29 is 18.9 Å². The van der Waals surface area contributed by atoms with Crippen LogP contribution in [-0.2, 0) is 24.5 Å². The van der Waals surface area contributed by atoms with Gasteiger partial charge >= 0.3 is 0 Å². The lowest BCUT2D eigenvalue weighted by Gasteiger charge is -2.37. The number of benzene rings is 3. The van der Waals surface area contributed by atoms with Gasteiger partial charge in [-0.05, 0) is 53.1 Å². The minimum atomic E-state index is -0.834. The molecule has 0 radical (unpaired) electrons. The van der Waals surface area contributed by atoms with Gasteiger partial charge in [-0.2, -0.15) is 0 Å². The largest absolute Gasteiger partial charge is 0.358 e. The van der Waals surface area contributed by atoms with Crippen molar-refractivity contribution >= 4 is 22.6 Å². The number of fused-ring (bicyclic) bond motifs is 1. The molecule has 3 heterocycles. The van der Waals surface area contributed by atoms with E-state index < -0.39 is 11.4 Å².